The summed E-state index contributed by atoms with van der Waals surface area (Å²) in [5, 5.41) is 5.57. The van der Waals surface area contributed by atoms with Crippen molar-refractivity contribution in [2.75, 3.05) is 18.8 Å². The summed E-state index contributed by atoms with van der Waals surface area (Å²) in [6.07, 6.45) is 8.73. The van der Waals surface area contributed by atoms with Gasteiger partial charge in [-0.05, 0) is 24.8 Å². The molecule has 1 aromatic rings. The van der Waals surface area contributed by atoms with Crippen LogP contribution in [0.4, 0.5) is 0 Å². The highest BCUT2D eigenvalue weighted by molar-refractivity contribution is 8.32. The smallest absolute Gasteiger partial charge is 0.100 e. The molecule has 0 aliphatic rings. The highest BCUT2D eigenvalue weighted by Crippen LogP contribution is 2.43. The molecule has 0 amide bonds. The second-order valence-electron chi connectivity index (χ2n) is 3.16. The third kappa shape index (κ3) is 1.53. The lowest BCUT2D eigenvalue weighted by Crippen LogP contribution is -1.95. The van der Waals surface area contributed by atoms with Crippen LogP contribution in [0.3, 0.4) is 0 Å². The zero-order valence-corrected chi connectivity index (χ0v) is 7.77. The van der Waals surface area contributed by atoms with Crippen LogP contribution in [0.1, 0.15) is 0 Å². The Labute approximate surface area is 63.6 Å². The zero-order valence-electron chi connectivity index (χ0n) is 6.96. The fourth-order valence-corrected chi connectivity index (χ4v) is 1.56. The minimum Gasteiger partial charge on any atom is -0.275 e. The number of hydrogen-bond donors (Lipinski definition) is 0. The zero-order chi connectivity index (χ0) is 7.78. The van der Waals surface area contributed by atoms with E-state index in [2.05, 4.69) is 29.9 Å². The van der Waals surface area contributed by atoms with Crippen molar-refractivity contribution in [2.24, 2.45) is 7.05 Å². The molecule has 10 heavy (non-hydrogen) atoms. The van der Waals surface area contributed by atoms with E-state index in [4.69, 9.17) is 0 Å². The van der Waals surface area contributed by atoms with Crippen LogP contribution in [0.25, 0.3) is 0 Å². The molecule has 2 nitrogen and oxygen atoms in total. The van der Waals surface area contributed by atoms with Gasteiger partial charge in [-0.15, -0.1) is 0 Å². The van der Waals surface area contributed by atoms with Gasteiger partial charge in [0.25, 0.3) is 0 Å². The average molecular weight is 158 g/mol. The van der Waals surface area contributed by atoms with Crippen LogP contribution >= 0.6 is 10.0 Å². The lowest BCUT2D eigenvalue weighted by Gasteiger charge is -2.21. The Morgan fingerprint density at radius 1 is 1.40 bits per heavy atom. The van der Waals surface area contributed by atoms with E-state index in [1.165, 1.54) is 5.03 Å². The van der Waals surface area contributed by atoms with Crippen LogP contribution in [0.5, 0.6) is 0 Å². The van der Waals surface area contributed by atoms with Crippen molar-refractivity contribution >= 4 is 10.0 Å². The van der Waals surface area contributed by atoms with Gasteiger partial charge in [-0.2, -0.15) is 5.10 Å². The molecule has 0 N–H and O–H groups in total. The van der Waals surface area contributed by atoms with Gasteiger partial charge in [0.1, 0.15) is 5.03 Å². The molecule has 0 aromatic carbocycles. The molecule has 0 fully saturated rings. The fraction of sp³-hybridized carbons (Fsp3) is 0.571. The number of nitrogens with zero attached hydrogens (tertiary/aromatic N) is 2. The second kappa shape index (κ2) is 2.31. The first-order valence-electron chi connectivity index (χ1n) is 3.18. The Hall–Kier alpha value is -0.440. The first kappa shape index (κ1) is 7.66. The summed E-state index contributed by atoms with van der Waals surface area (Å²) >= 11 is 0. The van der Waals surface area contributed by atoms with Gasteiger partial charge in [0.15, 0.2) is 0 Å². The summed E-state index contributed by atoms with van der Waals surface area (Å²) in [6, 6.07) is 2.09. The molecule has 3 heteroatoms. The summed E-state index contributed by atoms with van der Waals surface area (Å²) < 4.78 is 1.85. The van der Waals surface area contributed by atoms with Crippen LogP contribution in [0.2, 0.25) is 0 Å². The van der Waals surface area contributed by atoms with Gasteiger partial charge in [0, 0.05) is 13.2 Å². The van der Waals surface area contributed by atoms with E-state index in [9.17, 15) is 0 Å². The van der Waals surface area contributed by atoms with Crippen LogP contribution < -0.4 is 0 Å². The van der Waals surface area contributed by atoms with Gasteiger partial charge in [-0.1, -0.05) is 0 Å². The van der Waals surface area contributed by atoms with Crippen molar-refractivity contribution in [3.63, 3.8) is 0 Å². The van der Waals surface area contributed by atoms with Gasteiger partial charge in [0.2, 0.25) is 0 Å². The molecule has 0 unspecified atom stereocenters. The Bertz CT molecular complexity index is 222. The Kier molecular flexibility index (Phi) is 1.77. The molecule has 58 valence electrons. The van der Waals surface area contributed by atoms with Crippen molar-refractivity contribution in [3.05, 3.63) is 12.3 Å². The Morgan fingerprint density at radius 3 is 2.20 bits per heavy atom. The average Bonchev–Trinajstić information content (AvgIpc) is 2.11. The molecule has 0 bridgehead atoms. The number of rotatable bonds is 1. The molecular formula is C7H14N2S. The van der Waals surface area contributed by atoms with Gasteiger partial charge in [-0.25, -0.2) is 10.0 Å². The molecule has 0 atom stereocenters. The summed E-state index contributed by atoms with van der Waals surface area (Å²) in [5.74, 6) is 0. The molecule has 0 saturated carbocycles. The standard InChI is InChI=1S/C7H14N2S/c1-9-6-5-7(8-9)10(2,3)4/h5-6H,1-4H3. The first-order valence-corrected chi connectivity index (χ1v) is 6.04. The summed E-state index contributed by atoms with van der Waals surface area (Å²) in [5.41, 5.74) is 0. The van der Waals surface area contributed by atoms with Crippen molar-refractivity contribution in [2.45, 2.75) is 5.03 Å². The molecule has 1 rings (SSSR count). The van der Waals surface area contributed by atoms with Crippen LogP contribution in [-0.2, 0) is 7.05 Å². The van der Waals surface area contributed by atoms with Crippen molar-refractivity contribution in [1.29, 1.82) is 0 Å². The van der Waals surface area contributed by atoms with Crippen molar-refractivity contribution in [1.82, 2.24) is 9.78 Å². The van der Waals surface area contributed by atoms with E-state index >= 15 is 0 Å². The molecular weight excluding hydrogens is 144 g/mol. The Balaban J connectivity index is 2.96. The maximum Gasteiger partial charge on any atom is 0.100 e. The second-order valence-corrected chi connectivity index (χ2v) is 7.26. The molecule has 0 saturated heterocycles. The van der Waals surface area contributed by atoms with Crippen LogP contribution in [0, 0.1) is 0 Å². The van der Waals surface area contributed by atoms with E-state index in [-0.39, 0.29) is 0 Å². The molecule has 1 heterocycles. The lowest BCUT2D eigenvalue weighted by molar-refractivity contribution is 0.737. The monoisotopic (exact) mass is 158 g/mol. The fourth-order valence-electron chi connectivity index (χ4n) is 0.720. The summed E-state index contributed by atoms with van der Waals surface area (Å²) in [6.45, 7) is 0. The van der Waals surface area contributed by atoms with Crippen LogP contribution in [0.15, 0.2) is 17.3 Å². The SMILES string of the molecule is Cn1ccc(S(C)(C)C)n1. The maximum absolute atomic E-state index is 4.34. The van der Waals surface area contributed by atoms with E-state index in [1.807, 2.05) is 17.9 Å². The minimum absolute atomic E-state index is 0.614. The number of aromatic nitrogens is 2. The topological polar surface area (TPSA) is 17.8 Å². The summed E-state index contributed by atoms with van der Waals surface area (Å²) in [7, 11) is 1.34. The third-order valence-electron chi connectivity index (χ3n) is 1.32. The van der Waals surface area contributed by atoms with Crippen molar-refractivity contribution in [3.8, 4) is 0 Å². The molecule has 1 aromatic heterocycles. The number of aryl methyl sites for hydroxylation is 1. The first-order chi connectivity index (χ1) is 4.50. The highest BCUT2D eigenvalue weighted by Gasteiger charge is 2.09. The molecule has 0 aliphatic heterocycles. The van der Waals surface area contributed by atoms with E-state index in [0.717, 1.165) is 0 Å². The molecule has 0 radical (unpaired) electrons. The normalized spacial score (nSPS) is 13.6. The predicted molar refractivity (Wildman–Crippen MR) is 46.8 cm³/mol. The van der Waals surface area contributed by atoms with E-state index in [1.54, 1.807) is 0 Å². The predicted octanol–water partition coefficient (Wildman–Crippen LogP) is 1.47. The number of hydrogen-bond acceptors (Lipinski definition) is 1. The van der Waals surface area contributed by atoms with Crippen LogP contribution in [-0.4, -0.2) is 28.5 Å². The van der Waals surface area contributed by atoms with Gasteiger partial charge >= 0.3 is 0 Å². The van der Waals surface area contributed by atoms with Gasteiger partial charge < -0.3 is 0 Å². The Morgan fingerprint density at radius 2 is 2.00 bits per heavy atom. The van der Waals surface area contributed by atoms with Crippen molar-refractivity contribution < 1.29 is 0 Å². The third-order valence-corrected chi connectivity index (χ3v) is 2.79. The van der Waals surface area contributed by atoms with E-state index < -0.39 is 10.0 Å². The van der Waals surface area contributed by atoms with E-state index in [0.29, 0.717) is 0 Å². The van der Waals surface area contributed by atoms with Gasteiger partial charge in [-0.3, -0.25) is 4.68 Å². The summed E-state index contributed by atoms with van der Waals surface area (Å²) in [4.78, 5) is 0. The maximum atomic E-state index is 4.34. The molecule has 0 aliphatic carbocycles. The minimum atomic E-state index is -0.614. The highest BCUT2D eigenvalue weighted by atomic mass is 32.3. The van der Waals surface area contributed by atoms with Gasteiger partial charge in [0.05, 0.1) is 0 Å². The largest absolute Gasteiger partial charge is 0.275 e. The molecule has 0 spiro atoms. The quantitative estimate of drug-likeness (QED) is 0.605. The lowest BCUT2D eigenvalue weighted by atomic mass is 10.7.